The Hall–Kier alpha value is -4.79. The average Bonchev–Trinajstić information content (AvgIpc) is 3.10. The Morgan fingerprint density at radius 3 is 2.33 bits per heavy atom. The number of rotatable bonds is 7. The Labute approximate surface area is 207 Å². The van der Waals surface area contributed by atoms with Crippen molar-refractivity contribution in [2.45, 2.75) is 13.5 Å². The van der Waals surface area contributed by atoms with Gasteiger partial charge in [-0.15, -0.1) is 0 Å². The lowest BCUT2D eigenvalue weighted by Gasteiger charge is -2.12. The molecule has 2 N–H and O–H groups in total. The lowest BCUT2D eigenvalue weighted by Crippen LogP contribution is -2.26. The van der Waals surface area contributed by atoms with Crippen molar-refractivity contribution < 1.29 is 28.7 Å². The second-order valence-electron chi connectivity index (χ2n) is 8.27. The first-order chi connectivity index (χ1) is 17.2. The average molecular weight is 485 g/mol. The summed E-state index contributed by atoms with van der Waals surface area (Å²) in [5.74, 6) is -2.80. The summed E-state index contributed by atoms with van der Waals surface area (Å²) in [6.45, 7) is 1.69. The van der Waals surface area contributed by atoms with Crippen molar-refractivity contribution in [3.05, 3.63) is 100 Å². The van der Waals surface area contributed by atoms with E-state index in [1.807, 2.05) is 31.2 Å². The smallest absolute Gasteiger partial charge is 0.338 e. The van der Waals surface area contributed by atoms with E-state index in [0.29, 0.717) is 6.54 Å². The number of ether oxygens (including phenoxy) is 1. The third-order valence-corrected chi connectivity index (χ3v) is 5.68. The second-order valence-corrected chi connectivity index (χ2v) is 8.27. The van der Waals surface area contributed by atoms with E-state index in [0.717, 1.165) is 16.0 Å². The predicted octanol–water partition coefficient (Wildman–Crippen LogP) is 2.95. The highest BCUT2D eigenvalue weighted by Crippen LogP contribution is 2.23. The van der Waals surface area contributed by atoms with Gasteiger partial charge in [0, 0.05) is 13.6 Å². The molecule has 9 nitrogen and oxygen atoms in total. The fraction of sp³-hybridized carbons (Fsp3) is 0.148. The van der Waals surface area contributed by atoms with Crippen LogP contribution in [0, 0.1) is 6.92 Å². The van der Waals surface area contributed by atoms with Crippen molar-refractivity contribution in [1.29, 1.82) is 0 Å². The normalized spacial score (nSPS) is 12.2. The molecule has 0 atom stereocenters. The van der Waals surface area contributed by atoms with Crippen LogP contribution in [0.25, 0.3) is 0 Å². The maximum Gasteiger partial charge on any atom is 0.338 e. The van der Waals surface area contributed by atoms with Gasteiger partial charge in [0.25, 0.3) is 23.6 Å². The van der Waals surface area contributed by atoms with Gasteiger partial charge in [0.1, 0.15) is 0 Å². The summed E-state index contributed by atoms with van der Waals surface area (Å²) < 4.78 is 5.06. The fourth-order valence-electron chi connectivity index (χ4n) is 3.66. The van der Waals surface area contributed by atoms with Crippen molar-refractivity contribution >= 4 is 35.3 Å². The quantitative estimate of drug-likeness (QED) is 0.392. The van der Waals surface area contributed by atoms with Crippen LogP contribution in [-0.4, -0.2) is 48.2 Å². The number of nitrogens with zero attached hydrogens (tertiary/aromatic N) is 1. The molecule has 1 heterocycles. The number of para-hydroxylation sites is 1. The summed E-state index contributed by atoms with van der Waals surface area (Å²) in [4.78, 5) is 62.6. The van der Waals surface area contributed by atoms with Gasteiger partial charge >= 0.3 is 5.97 Å². The number of aryl methyl sites for hydroxylation is 1. The number of fused-ring (bicyclic) bond motifs is 1. The van der Waals surface area contributed by atoms with Crippen LogP contribution in [0.5, 0.6) is 0 Å². The van der Waals surface area contributed by atoms with Gasteiger partial charge in [-0.25, -0.2) is 4.79 Å². The van der Waals surface area contributed by atoms with Crippen molar-refractivity contribution in [3.63, 3.8) is 0 Å². The highest BCUT2D eigenvalue weighted by Gasteiger charge is 2.33. The summed E-state index contributed by atoms with van der Waals surface area (Å²) in [5, 5.41) is 5.40. The molecule has 1 aliphatic heterocycles. The molecule has 0 aromatic heterocycles. The number of carbonyl (C=O) groups is 5. The number of hydrogen-bond acceptors (Lipinski definition) is 6. The molecule has 0 saturated heterocycles. The summed E-state index contributed by atoms with van der Waals surface area (Å²) in [6.07, 6.45) is 0. The summed E-state index contributed by atoms with van der Waals surface area (Å²) >= 11 is 0. The predicted molar refractivity (Wildman–Crippen MR) is 131 cm³/mol. The molecule has 182 valence electrons. The van der Waals surface area contributed by atoms with Gasteiger partial charge in [0.2, 0.25) is 0 Å². The molecule has 4 rings (SSSR count). The Balaban J connectivity index is 1.35. The topological polar surface area (TPSA) is 122 Å². The Bertz CT molecular complexity index is 1380. The molecule has 0 aliphatic carbocycles. The first kappa shape index (κ1) is 24.3. The number of benzene rings is 3. The van der Waals surface area contributed by atoms with E-state index in [-0.39, 0.29) is 33.8 Å². The second kappa shape index (κ2) is 10.2. The summed E-state index contributed by atoms with van der Waals surface area (Å²) in [5.41, 5.74) is 2.92. The van der Waals surface area contributed by atoms with Gasteiger partial charge < -0.3 is 15.4 Å². The number of amides is 4. The maximum atomic E-state index is 12.7. The highest BCUT2D eigenvalue weighted by atomic mass is 16.5. The molecule has 36 heavy (non-hydrogen) atoms. The minimum Gasteiger partial charge on any atom is -0.452 e. The largest absolute Gasteiger partial charge is 0.452 e. The molecule has 0 saturated carbocycles. The van der Waals surface area contributed by atoms with Gasteiger partial charge in [-0.3, -0.25) is 24.1 Å². The molecule has 0 bridgehead atoms. The molecule has 3 aromatic rings. The van der Waals surface area contributed by atoms with E-state index < -0.39 is 30.3 Å². The molecule has 3 aromatic carbocycles. The molecule has 9 heteroatoms. The third-order valence-electron chi connectivity index (χ3n) is 5.68. The molecule has 0 spiro atoms. The van der Waals surface area contributed by atoms with Crippen LogP contribution in [-0.2, 0) is 16.1 Å². The first-order valence-corrected chi connectivity index (χ1v) is 11.1. The van der Waals surface area contributed by atoms with E-state index in [9.17, 15) is 24.0 Å². The number of nitrogens with one attached hydrogen (secondary N) is 2. The molecule has 0 fully saturated rings. The first-order valence-electron chi connectivity index (χ1n) is 11.1. The number of hydrogen-bond donors (Lipinski definition) is 2. The third kappa shape index (κ3) is 5.15. The van der Waals surface area contributed by atoms with Crippen LogP contribution < -0.4 is 10.6 Å². The van der Waals surface area contributed by atoms with Gasteiger partial charge in [0.05, 0.1) is 27.9 Å². The van der Waals surface area contributed by atoms with Crippen LogP contribution in [0.2, 0.25) is 0 Å². The zero-order valence-electron chi connectivity index (χ0n) is 19.7. The van der Waals surface area contributed by atoms with Gasteiger partial charge in [-0.05, 0) is 42.8 Å². The summed E-state index contributed by atoms with van der Waals surface area (Å²) in [6, 6.07) is 18.2. The van der Waals surface area contributed by atoms with E-state index >= 15 is 0 Å². The van der Waals surface area contributed by atoms with Gasteiger partial charge in [-0.1, -0.05) is 42.0 Å². The number of imide groups is 1. The van der Waals surface area contributed by atoms with E-state index in [2.05, 4.69) is 10.6 Å². The highest BCUT2D eigenvalue weighted by molar-refractivity contribution is 6.21. The van der Waals surface area contributed by atoms with Crippen LogP contribution in [0.15, 0.2) is 66.7 Å². The number of esters is 1. The fourth-order valence-corrected chi connectivity index (χ4v) is 3.66. The minimum atomic E-state index is -0.827. The van der Waals surface area contributed by atoms with Crippen molar-refractivity contribution in [2.75, 3.05) is 19.0 Å². The van der Waals surface area contributed by atoms with E-state index in [1.54, 1.807) is 24.3 Å². The Morgan fingerprint density at radius 1 is 0.889 bits per heavy atom. The van der Waals surface area contributed by atoms with Gasteiger partial charge in [-0.2, -0.15) is 0 Å². The number of anilines is 1. The molecule has 4 amide bonds. The van der Waals surface area contributed by atoms with Crippen molar-refractivity contribution in [1.82, 2.24) is 10.2 Å². The van der Waals surface area contributed by atoms with Gasteiger partial charge in [0.15, 0.2) is 6.61 Å². The summed E-state index contributed by atoms with van der Waals surface area (Å²) in [7, 11) is 1.35. The molecular weight excluding hydrogens is 462 g/mol. The minimum absolute atomic E-state index is 0.0360. The van der Waals surface area contributed by atoms with Crippen LogP contribution >= 0.6 is 0 Å². The Morgan fingerprint density at radius 2 is 1.58 bits per heavy atom. The zero-order chi connectivity index (χ0) is 25.8. The van der Waals surface area contributed by atoms with Crippen LogP contribution in [0.1, 0.15) is 52.6 Å². The number of carbonyl (C=O) groups excluding carboxylic acids is 5. The van der Waals surface area contributed by atoms with Crippen molar-refractivity contribution in [3.8, 4) is 0 Å². The van der Waals surface area contributed by atoms with E-state index in [4.69, 9.17) is 4.74 Å². The molecular formula is C27H23N3O6. The lowest BCUT2D eigenvalue weighted by atomic mass is 10.1. The SMILES string of the molecule is Cc1ccc(CNC(=O)c2ccccc2NC(=O)COC(=O)c2ccc3c(c2)C(=O)N(C)C3=O)cc1. The standard InChI is InChI=1S/C27H23N3O6/c1-16-7-9-17(10-8-16)14-28-24(32)20-5-3-4-6-22(20)29-23(31)15-36-27(35)18-11-12-19-21(13-18)26(34)30(2)25(19)33/h3-13H,14-15H2,1-2H3,(H,28,32)(H,29,31). The molecule has 1 aliphatic rings. The van der Waals surface area contributed by atoms with Crippen molar-refractivity contribution in [2.24, 2.45) is 0 Å². The lowest BCUT2D eigenvalue weighted by molar-refractivity contribution is -0.119. The van der Waals surface area contributed by atoms with E-state index in [1.165, 1.54) is 25.2 Å². The monoisotopic (exact) mass is 485 g/mol. The molecule has 0 unspecified atom stereocenters. The zero-order valence-corrected chi connectivity index (χ0v) is 19.7. The molecule has 0 radical (unpaired) electrons. The van der Waals surface area contributed by atoms with Crippen LogP contribution in [0.3, 0.4) is 0 Å². The van der Waals surface area contributed by atoms with Crippen LogP contribution in [0.4, 0.5) is 5.69 Å². The maximum absolute atomic E-state index is 12.7. The Kier molecular flexibility index (Phi) is 6.91.